The number of urea groups is 1. The fraction of sp³-hybridized carbons (Fsp3) is 0.846. The van der Waals surface area contributed by atoms with Gasteiger partial charge in [-0.2, -0.15) is 0 Å². The Morgan fingerprint density at radius 1 is 1.37 bits per heavy atom. The minimum absolute atomic E-state index is 0.00102. The predicted octanol–water partition coefficient (Wildman–Crippen LogP) is 0.964. The molecule has 1 heterocycles. The number of rotatable bonds is 6. The van der Waals surface area contributed by atoms with E-state index in [4.69, 9.17) is 9.84 Å². The molecule has 2 rings (SSSR count). The van der Waals surface area contributed by atoms with Gasteiger partial charge in [0.1, 0.15) is 0 Å². The van der Waals surface area contributed by atoms with Gasteiger partial charge in [-0.25, -0.2) is 4.79 Å². The lowest BCUT2D eigenvalue weighted by Gasteiger charge is -2.19. The molecule has 0 spiro atoms. The maximum Gasteiger partial charge on any atom is 0.315 e. The number of carboxylic acid groups (broad SMARTS) is 1. The van der Waals surface area contributed by atoms with Gasteiger partial charge in [0.2, 0.25) is 0 Å². The van der Waals surface area contributed by atoms with Crippen LogP contribution in [-0.2, 0) is 9.53 Å². The molecule has 1 aliphatic heterocycles. The van der Waals surface area contributed by atoms with Crippen molar-refractivity contribution in [3.63, 3.8) is 0 Å². The number of nitrogens with one attached hydrogen (secondary N) is 2. The number of amides is 2. The number of carbonyl (C=O) groups excluding carboxylic acids is 1. The average molecular weight is 270 g/mol. The van der Waals surface area contributed by atoms with Crippen molar-refractivity contribution < 1.29 is 19.4 Å². The highest BCUT2D eigenvalue weighted by Gasteiger charge is 2.34. The molecule has 0 aromatic rings. The van der Waals surface area contributed by atoms with Crippen molar-refractivity contribution in [1.82, 2.24) is 10.6 Å². The van der Waals surface area contributed by atoms with Gasteiger partial charge >= 0.3 is 12.0 Å². The van der Waals surface area contributed by atoms with Crippen LogP contribution < -0.4 is 10.6 Å². The van der Waals surface area contributed by atoms with Crippen LogP contribution in [-0.4, -0.2) is 42.4 Å². The molecule has 2 amide bonds. The summed E-state index contributed by atoms with van der Waals surface area (Å²) < 4.78 is 5.43. The zero-order valence-electron chi connectivity index (χ0n) is 11.2. The van der Waals surface area contributed by atoms with Gasteiger partial charge in [0.05, 0.1) is 12.5 Å². The van der Waals surface area contributed by atoms with Crippen LogP contribution in [0.4, 0.5) is 4.79 Å². The van der Waals surface area contributed by atoms with E-state index in [9.17, 15) is 9.59 Å². The highest BCUT2D eigenvalue weighted by molar-refractivity contribution is 5.75. The molecule has 19 heavy (non-hydrogen) atoms. The number of ether oxygens (including phenoxy) is 1. The third-order valence-corrected chi connectivity index (χ3v) is 3.96. The van der Waals surface area contributed by atoms with Crippen molar-refractivity contribution >= 4 is 12.0 Å². The molecule has 0 aromatic heterocycles. The van der Waals surface area contributed by atoms with Crippen LogP contribution >= 0.6 is 0 Å². The van der Waals surface area contributed by atoms with Crippen LogP contribution in [0.2, 0.25) is 0 Å². The Labute approximate surface area is 112 Å². The van der Waals surface area contributed by atoms with Crippen LogP contribution in [0.15, 0.2) is 0 Å². The maximum atomic E-state index is 11.8. The Hall–Kier alpha value is -1.30. The lowest BCUT2D eigenvalue weighted by Crippen LogP contribution is -2.45. The molecule has 1 saturated heterocycles. The zero-order valence-corrected chi connectivity index (χ0v) is 11.2. The van der Waals surface area contributed by atoms with Gasteiger partial charge in [-0.15, -0.1) is 0 Å². The van der Waals surface area contributed by atoms with Crippen LogP contribution in [0.1, 0.15) is 32.6 Å². The zero-order chi connectivity index (χ0) is 13.8. The molecular weight excluding hydrogens is 248 g/mol. The van der Waals surface area contributed by atoms with E-state index in [0.29, 0.717) is 18.4 Å². The molecule has 0 bridgehead atoms. The Balaban J connectivity index is 1.71. The van der Waals surface area contributed by atoms with Gasteiger partial charge in [0.15, 0.2) is 0 Å². The fourth-order valence-electron chi connectivity index (χ4n) is 2.51. The van der Waals surface area contributed by atoms with Gasteiger partial charge in [-0.1, -0.05) is 0 Å². The van der Waals surface area contributed by atoms with Crippen molar-refractivity contribution in [3.05, 3.63) is 0 Å². The number of hydrogen-bond acceptors (Lipinski definition) is 3. The van der Waals surface area contributed by atoms with Crippen molar-refractivity contribution in [2.75, 3.05) is 13.2 Å². The third kappa shape index (κ3) is 4.38. The fourth-order valence-corrected chi connectivity index (χ4v) is 2.51. The largest absolute Gasteiger partial charge is 0.481 e. The summed E-state index contributed by atoms with van der Waals surface area (Å²) in [6, 6.07) is -0.507. The topological polar surface area (TPSA) is 87.7 Å². The minimum atomic E-state index is -0.866. The van der Waals surface area contributed by atoms with Gasteiger partial charge in [-0.05, 0) is 32.1 Å². The second kappa shape index (κ2) is 6.23. The van der Waals surface area contributed by atoms with Crippen molar-refractivity contribution in [2.24, 2.45) is 11.8 Å². The molecule has 6 heteroatoms. The number of hydrogen-bond donors (Lipinski definition) is 3. The molecule has 0 radical (unpaired) electrons. The Bertz CT molecular complexity index is 344. The van der Waals surface area contributed by atoms with Crippen LogP contribution in [0, 0.1) is 11.8 Å². The van der Waals surface area contributed by atoms with Crippen LogP contribution in [0.25, 0.3) is 0 Å². The highest BCUT2D eigenvalue weighted by atomic mass is 16.5. The normalized spacial score (nSPS) is 27.8. The molecule has 1 saturated carbocycles. The number of aliphatic carboxylic acids is 1. The average Bonchev–Trinajstić information content (AvgIpc) is 3.10. The van der Waals surface area contributed by atoms with Crippen molar-refractivity contribution in [2.45, 2.75) is 44.8 Å². The van der Waals surface area contributed by atoms with Gasteiger partial charge in [-0.3, -0.25) is 4.79 Å². The Morgan fingerprint density at radius 2 is 2.11 bits per heavy atom. The smallest absolute Gasteiger partial charge is 0.315 e. The van der Waals surface area contributed by atoms with E-state index in [1.54, 1.807) is 0 Å². The highest BCUT2D eigenvalue weighted by Crippen LogP contribution is 2.34. The summed E-state index contributed by atoms with van der Waals surface area (Å²) in [7, 11) is 0. The molecule has 3 N–H and O–H groups in total. The van der Waals surface area contributed by atoms with Crippen molar-refractivity contribution in [3.8, 4) is 0 Å². The van der Waals surface area contributed by atoms with Crippen LogP contribution in [0.5, 0.6) is 0 Å². The first-order valence-corrected chi connectivity index (χ1v) is 6.94. The summed E-state index contributed by atoms with van der Waals surface area (Å²) in [5, 5.41) is 14.4. The molecular formula is C13H22N2O4. The second-order valence-electron chi connectivity index (χ2n) is 5.52. The minimum Gasteiger partial charge on any atom is -0.481 e. The molecule has 0 aromatic carbocycles. The monoisotopic (exact) mass is 270 g/mol. The first kappa shape index (κ1) is 14.1. The van der Waals surface area contributed by atoms with E-state index in [1.165, 1.54) is 0 Å². The number of carboxylic acids is 1. The van der Waals surface area contributed by atoms with E-state index >= 15 is 0 Å². The molecule has 6 nitrogen and oxygen atoms in total. The third-order valence-electron chi connectivity index (χ3n) is 3.96. The van der Waals surface area contributed by atoms with Gasteiger partial charge in [0, 0.05) is 25.1 Å². The molecule has 2 fully saturated rings. The molecule has 3 atom stereocenters. The summed E-state index contributed by atoms with van der Waals surface area (Å²) in [5.74, 6) is -0.185. The molecule has 1 aliphatic carbocycles. The SMILES string of the molecule is CC1OCCC1CNC(=O)NC(CC(=O)O)C1CC1. The first-order chi connectivity index (χ1) is 9.06. The van der Waals surface area contributed by atoms with Gasteiger partial charge in [0.25, 0.3) is 0 Å². The quantitative estimate of drug-likeness (QED) is 0.671. The van der Waals surface area contributed by atoms with E-state index < -0.39 is 5.97 Å². The lowest BCUT2D eigenvalue weighted by atomic mass is 10.0. The Kier molecular flexibility index (Phi) is 4.63. The standard InChI is InChI=1S/C13H22N2O4/c1-8-10(4-5-19-8)7-14-13(18)15-11(6-12(16)17)9-2-3-9/h8-11H,2-7H2,1H3,(H,16,17)(H2,14,15,18). The lowest BCUT2D eigenvalue weighted by molar-refractivity contribution is -0.137. The summed E-state index contributed by atoms with van der Waals surface area (Å²) in [5.41, 5.74) is 0. The summed E-state index contributed by atoms with van der Waals surface area (Å²) in [6.07, 6.45) is 3.15. The summed E-state index contributed by atoms with van der Waals surface area (Å²) in [4.78, 5) is 22.5. The number of carbonyl (C=O) groups is 2. The van der Waals surface area contributed by atoms with E-state index in [2.05, 4.69) is 10.6 Å². The van der Waals surface area contributed by atoms with E-state index in [0.717, 1.165) is 25.9 Å². The summed E-state index contributed by atoms with van der Waals surface area (Å²) in [6.45, 7) is 3.34. The maximum absolute atomic E-state index is 11.8. The van der Waals surface area contributed by atoms with Crippen LogP contribution in [0.3, 0.4) is 0 Å². The van der Waals surface area contributed by atoms with E-state index in [-0.39, 0.29) is 24.6 Å². The molecule has 2 aliphatic rings. The van der Waals surface area contributed by atoms with Gasteiger partial charge < -0.3 is 20.5 Å². The van der Waals surface area contributed by atoms with E-state index in [1.807, 2.05) is 6.92 Å². The molecule has 108 valence electrons. The molecule has 3 unspecified atom stereocenters. The predicted molar refractivity (Wildman–Crippen MR) is 68.8 cm³/mol. The second-order valence-corrected chi connectivity index (χ2v) is 5.52. The van der Waals surface area contributed by atoms with Crippen molar-refractivity contribution in [1.29, 1.82) is 0 Å². The Morgan fingerprint density at radius 3 is 2.63 bits per heavy atom. The first-order valence-electron chi connectivity index (χ1n) is 6.94. The summed E-state index contributed by atoms with van der Waals surface area (Å²) >= 11 is 0.